The number of carbonyl (C=O) groups excluding carboxylic acids is 2. The summed E-state index contributed by atoms with van der Waals surface area (Å²) >= 11 is 0. The van der Waals surface area contributed by atoms with E-state index >= 15 is 0 Å². The molecule has 1 heterocycles. The van der Waals surface area contributed by atoms with Crippen LogP contribution in [0.25, 0.3) is 0 Å². The first-order valence-corrected chi connectivity index (χ1v) is 3.64. The molecule has 1 aliphatic rings. The monoisotopic (exact) mass is 187 g/mol. The van der Waals surface area contributed by atoms with Crippen molar-refractivity contribution in [3.8, 4) is 0 Å². The topological polar surface area (TPSA) is 87.9 Å². The standard InChI is InChI=1S/C7H9NO5/c1-2-11-6(10)4-3-12-7(13-4)5(8)9/h3,7H,2H2,1H3,(H2,8,9). The second kappa shape index (κ2) is 3.79. The minimum Gasteiger partial charge on any atom is -0.460 e. The molecule has 0 saturated heterocycles. The Morgan fingerprint density at radius 1 is 1.69 bits per heavy atom. The van der Waals surface area contributed by atoms with E-state index in [4.69, 9.17) is 10.5 Å². The zero-order valence-corrected chi connectivity index (χ0v) is 6.98. The number of ether oxygens (including phenoxy) is 3. The van der Waals surface area contributed by atoms with Gasteiger partial charge in [0.2, 0.25) is 5.76 Å². The van der Waals surface area contributed by atoms with Gasteiger partial charge in [0.05, 0.1) is 6.61 Å². The Morgan fingerprint density at radius 2 is 2.38 bits per heavy atom. The van der Waals surface area contributed by atoms with Crippen LogP contribution in [0.1, 0.15) is 6.92 Å². The second-order valence-electron chi connectivity index (χ2n) is 2.19. The Morgan fingerprint density at radius 3 is 2.85 bits per heavy atom. The summed E-state index contributed by atoms with van der Waals surface area (Å²) in [4.78, 5) is 21.5. The van der Waals surface area contributed by atoms with E-state index in [1.165, 1.54) is 0 Å². The molecule has 0 aromatic rings. The molecule has 1 amide bonds. The van der Waals surface area contributed by atoms with Crippen molar-refractivity contribution >= 4 is 11.9 Å². The lowest BCUT2D eigenvalue weighted by Crippen LogP contribution is -2.29. The third-order valence-corrected chi connectivity index (χ3v) is 1.24. The lowest BCUT2D eigenvalue weighted by molar-refractivity contribution is -0.150. The van der Waals surface area contributed by atoms with Crippen molar-refractivity contribution in [2.75, 3.05) is 6.61 Å². The number of esters is 1. The first kappa shape index (κ1) is 9.37. The van der Waals surface area contributed by atoms with Crippen LogP contribution < -0.4 is 5.73 Å². The van der Waals surface area contributed by atoms with E-state index in [1.54, 1.807) is 6.92 Å². The fourth-order valence-corrected chi connectivity index (χ4v) is 0.718. The van der Waals surface area contributed by atoms with E-state index in [1.807, 2.05) is 0 Å². The van der Waals surface area contributed by atoms with E-state index in [0.717, 1.165) is 6.26 Å². The maximum absolute atomic E-state index is 11.0. The number of hydrogen-bond donors (Lipinski definition) is 1. The van der Waals surface area contributed by atoms with E-state index in [0.29, 0.717) is 0 Å². The van der Waals surface area contributed by atoms with E-state index < -0.39 is 18.2 Å². The largest absolute Gasteiger partial charge is 0.460 e. The summed E-state index contributed by atoms with van der Waals surface area (Å²) in [5.74, 6) is -1.62. The molecular weight excluding hydrogens is 178 g/mol. The molecule has 2 N–H and O–H groups in total. The highest BCUT2D eigenvalue weighted by atomic mass is 16.7. The van der Waals surface area contributed by atoms with Gasteiger partial charge in [-0.3, -0.25) is 4.79 Å². The van der Waals surface area contributed by atoms with Gasteiger partial charge >= 0.3 is 12.3 Å². The van der Waals surface area contributed by atoms with E-state index in [-0.39, 0.29) is 12.4 Å². The highest BCUT2D eigenvalue weighted by Crippen LogP contribution is 2.14. The Hall–Kier alpha value is -1.72. The fraction of sp³-hybridized carbons (Fsp3) is 0.429. The van der Waals surface area contributed by atoms with E-state index in [9.17, 15) is 9.59 Å². The first-order chi connectivity index (χ1) is 6.15. The maximum Gasteiger partial charge on any atom is 0.377 e. The van der Waals surface area contributed by atoms with Crippen LogP contribution in [-0.2, 0) is 23.8 Å². The van der Waals surface area contributed by atoms with Crippen LogP contribution in [0.2, 0.25) is 0 Å². The third-order valence-electron chi connectivity index (χ3n) is 1.24. The Labute approximate surface area is 74.2 Å². The molecule has 0 aliphatic carbocycles. The quantitative estimate of drug-likeness (QED) is 0.587. The molecule has 0 bridgehead atoms. The molecule has 0 radical (unpaired) electrons. The lowest BCUT2D eigenvalue weighted by Gasteiger charge is -2.06. The summed E-state index contributed by atoms with van der Waals surface area (Å²) in [6.45, 7) is 1.88. The Balaban J connectivity index is 2.48. The minimum absolute atomic E-state index is 0.148. The lowest BCUT2D eigenvalue weighted by atomic mass is 10.5. The number of hydrogen-bond acceptors (Lipinski definition) is 5. The van der Waals surface area contributed by atoms with Gasteiger partial charge in [-0.1, -0.05) is 0 Å². The summed E-state index contributed by atoms with van der Waals surface area (Å²) < 4.78 is 14.0. The molecule has 1 rings (SSSR count). The van der Waals surface area contributed by atoms with Crippen LogP contribution in [0.4, 0.5) is 0 Å². The van der Waals surface area contributed by atoms with Gasteiger partial charge in [-0.15, -0.1) is 0 Å². The normalized spacial score (nSPS) is 19.8. The van der Waals surface area contributed by atoms with Crippen LogP contribution in [0.5, 0.6) is 0 Å². The number of rotatable bonds is 3. The molecule has 13 heavy (non-hydrogen) atoms. The van der Waals surface area contributed by atoms with Crippen molar-refractivity contribution in [2.45, 2.75) is 13.2 Å². The van der Waals surface area contributed by atoms with Gasteiger partial charge in [0.15, 0.2) is 0 Å². The summed E-state index contributed by atoms with van der Waals surface area (Å²) in [6, 6.07) is 0. The van der Waals surface area contributed by atoms with Crippen LogP contribution in [-0.4, -0.2) is 24.8 Å². The average Bonchev–Trinajstić information content (AvgIpc) is 2.52. The van der Waals surface area contributed by atoms with Gasteiger partial charge in [-0.05, 0) is 6.92 Å². The molecule has 6 nitrogen and oxygen atoms in total. The molecule has 1 atom stereocenters. The summed E-state index contributed by atoms with van der Waals surface area (Å²) in [5, 5.41) is 0. The van der Waals surface area contributed by atoms with Crippen molar-refractivity contribution < 1.29 is 23.8 Å². The molecule has 0 aromatic heterocycles. The number of nitrogens with two attached hydrogens (primary N) is 1. The minimum atomic E-state index is -1.22. The Bertz CT molecular complexity index is 260. The molecule has 72 valence electrons. The first-order valence-electron chi connectivity index (χ1n) is 3.64. The van der Waals surface area contributed by atoms with E-state index in [2.05, 4.69) is 9.47 Å². The van der Waals surface area contributed by atoms with Gasteiger partial charge in [-0.25, -0.2) is 4.79 Å². The number of carbonyl (C=O) groups is 2. The maximum atomic E-state index is 11.0. The predicted molar refractivity (Wildman–Crippen MR) is 39.9 cm³/mol. The highest BCUT2D eigenvalue weighted by Gasteiger charge is 2.29. The molecule has 0 saturated carbocycles. The average molecular weight is 187 g/mol. The molecule has 1 aliphatic heterocycles. The summed E-state index contributed by atoms with van der Waals surface area (Å²) in [7, 11) is 0. The molecule has 1 unspecified atom stereocenters. The molecule has 6 heteroatoms. The summed E-state index contributed by atoms with van der Waals surface area (Å²) in [6.07, 6.45) is -0.215. The third kappa shape index (κ3) is 2.11. The van der Waals surface area contributed by atoms with Crippen LogP contribution in [0, 0.1) is 0 Å². The molecular formula is C7H9NO5. The van der Waals surface area contributed by atoms with Gasteiger partial charge in [0.1, 0.15) is 6.26 Å². The van der Waals surface area contributed by atoms with Crippen molar-refractivity contribution in [1.82, 2.24) is 0 Å². The van der Waals surface area contributed by atoms with Crippen molar-refractivity contribution in [2.24, 2.45) is 5.73 Å². The van der Waals surface area contributed by atoms with Gasteiger partial charge < -0.3 is 19.9 Å². The van der Waals surface area contributed by atoms with Crippen molar-refractivity contribution in [3.05, 3.63) is 12.0 Å². The number of primary amides is 1. The van der Waals surface area contributed by atoms with Crippen molar-refractivity contribution in [1.29, 1.82) is 0 Å². The van der Waals surface area contributed by atoms with Crippen LogP contribution >= 0.6 is 0 Å². The van der Waals surface area contributed by atoms with Crippen LogP contribution in [0.3, 0.4) is 0 Å². The second-order valence-corrected chi connectivity index (χ2v) is 2.19. The fourth-order valence-electron chi connectivity index (χ4n) is 0.718. The number of amides is 1. The molecule has 0 spiro atoms. The zero-order chi connectivity index (χ0) is 9.84. The predicted octanol–water partition coefficient (Wildman–Crippen LogP) is -0.751. The molecule has 0 aromatic carbocycles. The summed E-state index contributed by atoms with van der Waals surface area (Å²) in [5.41, 5.74) is 4.86. The van der Waals surface area contributed by atoms with Crippen molar-refractivity contribution in [3.63, 3.8) is 0 Å². The SMILES string of the molecule is CCOC(=O)C1=COC(C(N)=O)O1. The van der Waals surface area contributed by atoms with Gasteiger partial charge in [-0.2, -0.15) is 0 Å². The van der Waals surface area contributed by atoms with Gasteiger partial charge in [0.25, 0.3) is 5.91 Å². The smallest absolute Gasteiger partial charge is 0.377 e. The molecule has 0 fully saturated rings. The Kier molecular flexibility index (Phi) is 2.73. The zero-order valence-electron chi connectivity index (χ0n) is 6.98. The highest BCUT2D eigenvalue weighted by molar-refractivity contribution is 5.87. The van der Waals surface area contributed by atoms with Crippen LogP contribution in [0.15, 0.2) is 12.0 Å². The van der Waals surface area contributed by atoms with Gasteiger partial charge in [0, 0.05) is 0 Å².